The molecule has 10 heteroatoms. The molecule has 1 saturated carbocycles. The fourth-order valence-corrected chi connectivity index (χ4v) is 3.79. The van der Waals surface area contributed by atoms with Crippen molar-refractivity contribution in [3.8, 4) is 5.75 Å². The number of halogens is 3. The van der Waals surface area contributed by atoms with Crippen LogP contribution in [0.2, 0.25) is 0 Å². The second-order valence-electron chi connectivity index (χ2n) is 8.12. The number of hydrogen-bond acceptors (Lipinski definition) is 4. The highest BCUT2D eigenvalue weighted by Gasteiger charge is 2.36. The first-order valence-corrected chi connectivity index (χ1v) is 10.3. The van der Waals surface area contributed by atoms with E-state index in [0.717, 1.165) is 18.9 Å². The van der Waals surface area contributed by atoms with Gasteiger partial charge in [0, 0.05) is 17.6 Å². The van der Waals surface area contributed by atoms with Crippen molar-refractivity contribution >= 4 is 27.9 Å². The molecule has 33 heavy (non-hydrogen) atoms. The van der Waals surface area contributed by atoms with Gasteiger partial charge in [-0.2, -0.15) is 13.2 Å². The van der Waals surface area contributed by atoms with Crippen LogP contribution in [0.1, 0.15) is 34.6 Å². The fourth-order valence-electron chi connectivity index (χ4n) is 3.79. The van der Waals surface area contributed by atoms with Crippen LogP contribution < -0.4 is 10.2 Å². The Bertz CT molecular complexity index is 1450. The predicted molar refractivity (Wildman–Crippen MR) is 114 cm³/mol. The molecule has 1 aliphatic carbocycles. The summed E-state index contributed by atoms with van der Waals surface area (Å²) in [4.78, 5) is 31.3. The molecule has 0 saturated heterocycles. The van der Waals surface area contributed by atoms with Crippen molar-refractivity contribution in [3.05, 3.63) is 69.8 Å². The predicted octanol–water partition coefficient (Wildman–Crippen LogP) is 4.43. The fraction of sp³-hybridized carbons (Fsp3) is 0.261. The number of aromatic nitrogens is 3. The number of fused-ring (bicyclic) bond motifs is 2. The molecule has 0 unspecified atom stereocenters. The lowest BCUT2D eigenvalue weighted by atomic mass is 10.1. The molecule has 170 valence electrons. The number of aromatic amines is 1. The summed E-state index contributed by atoms with van der Waals surface area (Å²) in [6.45, 7) is 0.253. The Kier molecular flexibility index (Phi) is 4.88. The number of nitrogens with one attached hydrogen (secondary N) is 1. The highest BCUT2D eigenvalue weighted by Crippen LogP contribution is 2.39. The number of imidazole rings is 1. The van der Waals surface area contributed by atoms with Gasteiger partial charge in [0.2, 0.25) is 5.43 Å². The summed E-state index contributed by atoms with van der Waals surface area (Å²) in [5.74, 6) is -1.03. The molecule has 0 amide bonds. The number of carboxylic acid groups (broad SMARTS) is 1. The van der Waals surface area contributed by atoms with Crippen LogP contribution in [-0.4, -0.2) is 32.2 Å². The lowest BCUT2D eigenvalue weighted by molar-refractivity contribution is -0.138. The summed E-state index contributed by atoms with van der Waals surface area (Å²) in [6.07, 6.45) is -1.49. The number of hydrogen-bond donors (Lipinski definition) is 2. The van der Waals surface area contributed by atoms with E-state index in [9.17, 15) is 27.9 Å². The quantitative estimate of drug-likeness (QED) is 0.447. The molecular formula is C23H18F3N3O4. The van der Waals surface area contributed by atoms with E-state index in [1.54, 1.807) is 18.2 Å². The van der Waals surface area contributed by atoms with E-state index < -0.39 is 28.7 Å². The Morgan fingerprint density at radius 3 is 2.70 bits per heavy atom. The van der Waals surface area contributed by atoms with Gasteiger partial charge in [-0.05, 0) is 37.0 Å². The Labute approximate surface area is 184 Å². The molecule has 0 atom stereocenters. The van der Waals surface area contributed by atoms with Crippen LogP contribution >= 0.6 is 0 Å². The maximum Gasteiger partial charge on any atom is 0.420 e. The summed E-state index contributed by atoms with van der Waals surface area (Å²) >= 11 is 0. The molecule has 2 aromatic carbocycles. The van der Waals surface area contributed by atoms with Gasteiger partial charge in [0.15, 0.2) is 0 Å². The van der Waals surface area contributed by atoms with Gasteiger partial charge in [0.1, 0.15) is 17.1 Å². The van der Waals surface area contributed by atoms with Crippen molar-refractivity contribution in [1.82, 2.24) is 14.5 Å². The van der Waals surface area contributed by atoms with Gasteiger partial charge < -0.3 is 19.4 Å². The van der Waals surface area contributed by atoms with Gasteiger partial charge in [-0.25, -0.2) is 9.78 Å². The SMILES string of the molecule is O=C(O)c1cn(Cc2nc3cc(OCC4CC4)c(C(F)(F)F)cc3[nH]2)c2ccccc2c1=O. The zero-order valence-corrected chi connectivity index (χ0v) is 17.1. The van der Waals surface area contributed by atoms with Gasteiger partial charge in [-0.1, -0.05) is 12.1 Å². The average molecular weight is 457 g/mol. The minimum Gasteiger partial charge on any atom is -0.493 e. The minimum atomic E-state index is -4.59. The Morgan fingerprint density at radius 1 is 1.24 bits per heavy atom. The molecule has 2 N–H and O–H groups in total. The maximum atomic E-state index is 13.6. The number of ether oxygens (including phenoxy) is 1. The van der Waals surface area contributed by atoms with Gasteiger partial charge in [-0.15, -0.1) is 0 Å². The number of benzene rings is 2. The number of H-pyrrole nitrogens is 1. The van der Waals surface area contributed by atoms with E-state index in [1.807, 2.05) is 0 Å². The molecule has 5 rings (SSSR count). The van der Waals surface area contributed by atoms with E-state index in [2.05, 4.69) is 9.97 Å². The minimum absolute atomic E-state index is 0.0232. The summed E-state index contributed by atoms with van der Waals surface area (Å²) in [7, 11) is 0. The first-order chi connectivity index (χ1) is 15.7. The number of pyridine rings is 1. The normalized spacial score (nSPS) is 14.2. The van der Waals surface area contributed by atoms with Crippen molar-refractivity contribution < 1.29 is 27.8 Å². The van der Waals surface area contributed by atoms with Crippen molar-refractivity contribution in [3.63, 3.8) is 0 Å². The monoisotopic (exact) mass is 457 g/mol. The third-order valence-corrected chi connectivity index (χ3v) is 5.65. The number of carbonyl (C=O) groups is 1. The molecule has 0 spiro atoms. The summed E-state index contributed by atoms with van der Waals surface area (Å²) in [5, 5.41) is 9.63. The van der Waals surface area contributed by atoms with E-state index in [0.29, 0.717) is 16.9 Å². The topological polar surface area (TPSA) is 97.2 Å². The highest BCUT2D eigenvalue weighted by atomic mass is 19.4. The molecule has 2 heterocycles. The summed E-state index contributed by atoms with van der Waals surface area (Å²) in [6, 6.07) is 8.76. The van der Waals surface area contributed by atoms with Crippen molar-refractivity contribution in [2.24, 2.45) is 5.92 Å². The van der Waals surface area contributed by atoms with Crippen LogP contribution in [0.4, 0.5) is 13.2 Å². The molecule has 1 aliphatic rings. The number of aromatic carboxylic acids is 1. The molecule has 0 bridgehead atoms. The highest BCUT2D eigenvalue weighted by molar-refractivity contribution is 5.92. The molecule has 2 aromatic heterocycles. The van der Waals surface area contributed by atoms with Gasteiger partial charge in [0.25, 0.3) is 0 Å². The van der Waals surface area contributed by atoms with E-state index in [1.165, 1.54) is 22.9 Å². The zero-order valence-electron chi connectivity index (χ0n) is 17.1. The van der Waals surface area contributed by atoms with Crippen molar-refractivity contribution in [1.29, 1.82) is 0 Å². The number of alkyl halides is 3. The summed E-state index contributed by atoms with van der Waals surface area (Å²) in [5.41, 5.74) is -0.927. The van der Waals surface area contributed by atoms with Crippen LogP contribution in [0.5, 0.6) is 5.75 Å². The Balaban J connectivity index is 1.57. The molecule has 4 aromatic rings. The van der Waals surface area contributed by atoms with Crippen molar-refractivity contribution in [2.45, 2.75) is 25.6 Å². The number of nitrogens with zero attached hydrogens (tertiary/aromatic N) is 2. The average Bonchev–Trinajstić information content (AvgIpc) is 3.51. The maximum absolute atomic E-state index is 13.6. The first-order valence-electron chi connectivity index (χ1n) is 10.3. The molecule has 0 aliphatic heterocycles. The molecular weight excluding hydrogens is 439 g/mol. The van der Waals surface area contributed by atoms with E-state index in [-0.39, 0.29) is 35.7 Å². The van der Waals surface area contributed by atoms with Gasteiger partial charge >= 0.3 is 12.1 Å². The second kappa shape index (κ2) is 7.65. The third-order valence-electron chi connectivity index (χ3n) is 5.65. The Hall–Kier alpha value is -3.82. The van der Waals surface area contributed by atoms with Gasteiger partial charge in [-0.3, -0.25) is 4.79 Å². The third kappa shape index (κ3) is 4.04. The zero-order chi connectivity index (χ0) is 23.3. The van der Waals surface area contributed by atoms with Crippen LogP contribution in [-0.2, 0) is 12.7 Å². The number of rotatable bonds is 6. The van der Waals surface area contributed by atoms with Crippen LogP contribution in [0.3, 0.4) is 0 Å². The number of para-hydroxylation sites is 1. The van der Waals surface area contributed by atoms with Crippen LogP contribution in [0, 0.1) is 5.92 Å². The summed E-state index contributed by atoms with van der Waals surface area (Å²) < 4.78 is 47.8. The Morgan fingerprint density at radius 2 is 2.00 bits per heavy atom. The first kappa shape index (κ1) is 21.0. The lowest BCUT2D eigenvalue weighted by Crippen LogP contribution is -2.19. The molecule has 0 radical (unpaired) electrons. The largest absolute Gasteiger partial charge is 0.493 e. The van der Waals surface area contributed by atoms with Crippen LogP contribution in [0.15, 0.2) is 47.4 Å². The molecule has 7 nitrogen and oxygen atoms in total. The smallest absolute Gasteiger partial charge is 0.420 e. The lowest BCUT2D eigenvalue weighted by Gasteiger charge is -2.13. The number of carboxylic acids is 1. The van der Waals surface area contributed by atoms with Gasteiger partial charge in [0.05, 0.1) is 35.3 Å². The second-order valence-corrected chi connectivity index (χ2v) is 8.12. The standard InChI is InChI=1S/C23H18F3N3O4/c24-23(25,26)15-7-16-17(8-19(15)33-11-12-5-6-12)28-20(27-16)10-29-9-14(22(31)32)21(30)13-3-1-2-4-18(13)29/h1-4,7-9,12H,5-6,10-11H2,(H,27,28)(H,31,32). The molecule has 1 fully saturated rings. The van der Waals surface area contributed by atoms with Crippen LogP contribution in [0.25, 0.3) is 21.9 Å². The van der Waals surface area contributed by atoms with Crippen molar-refractivity contribution in [2.75, 3.05) is 6.61 Å². The van der Waals surface area contributed by atoms with E-state index in [4.69, 9.17) is 4.74 Å². The van der Waals surface area contributed by atoms with E-state index >= 15 is 0 Å².